The molecule has 27 heavy (non-hydrogen) atoms. The quantitative estimate of drug-likeness (QED) is 0.709. The van der Waals surface area contributed by atoms with E-state index in [9.17, 15) is 8.78 Å². The highest BCUT2D eigenvalue weighted by Crippen LogP contribution is 2.28. The molecule has 0 saturated heterocycles. The highest BCUT2D eigenvalue weighted by atomic mass is 19.3. The molecule has 0 spiro atoms. The van der Waals surface area contributed by atoms with Crippen LogP contribution in [0.25, 0.3) is 11.3 Å². The Bertz CT molecular complexity index is 945. The van der Waals surface area contributed by atoms with E-state index in [1.807, 2.05) is 34.7 Å². The lowest BCUT2D eigenvalue weighted by Crippen LogP contribution is -2.12. The Morgan fingerprint density at radius 2 is 1.85 bits per heavy atom. The highest BCUT2D eigenvalue weighted by Gasteiger charge is 2.19. The van der Waals surface area contributed by atoms with Crippen LogP contribution in [0.3, 0.4) is 0 Å². The van der Waals surface area contributed by atoms with E-state index in [4.69, 9.17) is 0 Å². The van der Waals surface area contributed by atoms with E-state index in [0.717, 1.165) is 22.5 Å². The molecule has 3 aromatic heterocycles. The smallest absolute Gasteiger partial charge is 0.280 e. The fourth-order valence-corrected chi connectivity index (χ4v) is 3.01. The van der Waals surface area contributed by atoms with Gasteiger partial charge >= 0.3 is 0 Å². The van der Waals surface area contributed by atoms with Crippen LogP contribution in [0.4, 0.5) is 14.7 Å². The van der Waals surface area contributed by atoms with Crippen LogP contribution in [0.1, 0.15) is 49.0 Å². The summed E-state index contributed by atoms with van der Waals surface area (Å²) in [6, 6.07) is 1.14. The van der Waals surface area contributed by atoms with Crippen molar-refractivity contribution < 1.29 is 8.78 Å². The van der Waals surface area contributed by atoms with Crippen molar-refractivity contribution in [2.75, 3.05) is 5.32 Å². The molecule has 0 aliphatic rings. The Kier molecular flexibility index (Phi) is 5.20. The Balaban J connectivity index is 1.99. The molecule has 3 rings (SSSR count). The molecule has 9 heteroatoms. The largest absolute Gasteiger partial charge is 0.348 e. The minimum absolute atomic E-state index is 0.155. The lowest BCUT2D eigenvalue weighted by Gasteiger charge is -2.15. The third-order valence-corrected chi connectivity index (χ3v) is 4.73. The minimum Gasteiger partial charge on any atom is -0.348 e. The number of aryl methyl sites for hydroxylation is 2. The van der Waals surface area contributed by atoms with Crippen LogP contribution in [-0.2, 0) is 13.6 Å². The first kappa shape index (κ1) is 18.9. The van der Waals surface area contributed by atoms with Crippen molar-refractivity contribution in [3.63, 3.8) is 0 Å². The summed E-state index contributed by atoms with van der Waals surface area (Å²) in [6.07, 6.45) is 0.708. The topological polar surface area (TPSA) is 73.5 Å². The van der Waals surface area contributed by atoms with E-state index in [2.05, 4.69) is 25.5 Å². The van der Waals surface area contributed by atoms with E-state index in [0.29, 0.717) is 12.2 Å². The fourth-order valence-electron chi connectivity index (χ4n) is 3.01. The van der Waals surface area contributed by atoms with Crippen molar-refractivity contribution in [1.82, 2.24) is 29.5 Å². The number of aromatic nitrogens is 6. The maximum atomic E-state index is 13.4. The summed E-state index contributed by atoms with van der Waals surface area (Å²) in [5, 5.41) is 11.6. The molecule has 3 aromatic rings. The van der Waals surface area contributed by atoms with Crippen molar-refractivity contribution in [3.05, 3.63) is 41.1 Å². The van der Waals surface area contributed by atoms with Gasteiger partial charge < -0.3 is 5.32 Å². The van der Waals surface area contributed by atoms with Gasteiger partial charge in [0.2, 0.25) is 5.95 Å². The molecular formula is C18H23F2N7. The van der Waals surface area contributed by atoms with Gasteiger partial charge in [-0.1, -0.05) is 0 Å². The number of alkyl halides is 2. The predicted octanol–water partition coefficient (Wildman–Crippen LogP) is 3.82. The van der Waals surface area contributed by atoms with Gasteiger partial charge in [-0.15, -0.1) is 0 Å². The van der Waals surface area contributed by atoms with Crippen molar-refractivity contribution >= 4 is 5.95 Å². The minimum atomic E-state index is -2.69. The monoisotopic (exact) mass is 375 g/mol. The van der Waals surface area contributed by atoms with Crippen molar-refractivity contribution in [2.24, 2.45) is 7.05 Å². The molecule has 0 aliphatic carbocycles. The molecular weight excluding hydrogens is 352 g/mol. The van der Waals surface area contributed by atoms with Crippen molar-refractivity contribution in [3.8, 4) is 11.3 Å². The van der Waals surface area contributed by atoms with Gasteiger partial charge in [-0.3, -0.25) is 9.36 Å². The standard InChI is InChI=1S/C18H23F2N7/c1-6-27-12(4)14(9-22-27)15-7-16(17(19)20)25-18(24-15)23-10(2)13-8-21-26(5)11(13)3/h7-10,17H,6H2,1-5H3,(H,23,24,25). The van der Waals surface area contributed by atoms with E-state index in [1.165, 1.54) is 6.07 Å². The van der Waals surface area contributed by atoms with Gasteiger partial charge in [0.1, 0.15) is 5.69 Å². The van der Waals surface area contributed by atoms with Gasteiger partial charge in [0.25, 0.3) is 6.43 Å². The lowest BCUT2D eigenvalue weighted by atomic mass is 10.1. The summed E-state index contributed by atoms with van der Waals surface area (Å²) in [6.45, 7) is 8.43. The number of hydrogen-bond acceptors (Lipinski definition) is 5. The van der Waals surface area contributed by atoms with Gasteiger partial charge in [-0.25, -0.2) is 18.7 Å². The summed E-state index contributed by atoms with van der Waals surface area (Å²) >= 11 is 0. The Hall–Kier alpha value is -2.84. The van der Waals surface area contributed by atoms with Gasteiger partial charge in [-0.2, -0.15) is 10.2 Å². The molecule has 0 bridgehead atoms. The first-order chi connectivity index (χ1) is 12.8. The SMILES string of the molecule is CCn1ncc(-c2cc(C(F)F)nc(NC(C)c3cnn(C)c3C)n2)c1C. The van der Waals surface area contributed by atoms with E-state index in [1.54, 1.807) is 21.8 Å². The number of nitrogens with one attached hydrogen (secondary N) is 1. The second-order valence-electron chi connectivity index (χ2n) is 6.44. The van der Waals surface area contributed by atoms with Crippen molar-refractivity contribution in [2.45, 2.75) is 46.7 Å². The molecule has 144 valence electrons. The van der Waals surface area contributed by atoms with Gasteiger partial charge in [0.05, 0.1) is 24.1 Å². The Morgan fingerprint density at radius 1 is 1.11 bits per heavy atom. The number of nitrogens with zero attached hydrogens (tertiary/aromatic N) is 6. The molecule has 1 N–H and O–H groups in total. The maximum absolute atomic E-state index is 13.4. The van der Waals surface area contributed by atoms with E-state index >= 15 is 0 Å². The number of anilines is 1. The third-order valence-electron chi connectivity index (χ3n) is 4.73. The molecule has 0 saturated carbocycles. The second-order valence-corrected chi connectivity index (χ2v) is 6.44. The average molecular weight is 375 g/mol. The molecule has 0 radical (unpaired) electrons. The zero-order chi connectivity index (χ0) is 19.7. The van der Waals surface area contributed by atoms with Gasteiger partial charge in [0.15, 0.2) is 0 Å². The Labute approximate surface area is 156 Å². The molecule has 7 nitrogen and oxygen atoms in total. The maximum Gasteiger partial charge on any atom is 0.280 e. The van der Waals surface area contributed by atoms with Crippen molar-refractivity contribution in [1.29, 1.82) is 0 Å². The van der Waals surface area contributed by atoms with Crippen LogP contribution in [0.15, 0.2) is 18.5 Å². The van der Waals surface area contributed by atoms with Crippen LogP contribution in [0, 0.1) is 13.8 Å². The average Bonchev–Trinajstić information content (AvgIpc) is 3.17. The molecule has 1 unspecified atom stereocenters. The van der Waals surface area contributed by atoms with Crippen LogP contribution >= 0.6 is 0 Å². The van der Waals surface area contributed by atoms with E-state index in [-0.39, 0.29) is 17.7 Å². The van der Waals surface area contributed by atoms with E-state index < -0.39 is 6.43 Å². The normalized spacial score (nSPS) is 12.6. The first-order valence-electron chi connectivity index (χ1n) is 8.76. The first-order valence-corrected chi connectivity index (χ1v) is 8.76. The number of hydrogen-bond donors (Lipinski definition) is 1. The van der Waals surface area contributed by atoms with Crippen LogP contribution in [0.2, 0.25) is 0 Å². The summed E-state index contributed by atoms with van der Waals surface area (Å²) < 4.78 is 30.3. The predicted molar refractivity (Wildman–Crippen MR) is 98.6 cm³/mol. The second kappa shape index (κ2) is 7.42. The zero-order valence-electron chi connectivity index (χ0n) is 16.0. The molecule has 1 atom stereocenters. The van der Waals surface area contributed by atoms with Crippen LogP contribution in [0.5, 0.6) is 0 Å². The van der Waals surface area contributed by atoms with Gasteiger partial charge in [0, 0.05) is 36.1 Å². The highest BCUT2D eigenvalue weighted by molar-refractivity contribution is 5.63. The number of halogens is 2. The third kappa shape index (κ3) is 3.67. The summed E-state index contributed by atoms with van der Waals surface area (Å²) in [5.41, 5.74) is 3.64. The Morgan fingerprint density at radius 3 is 2.41 bits per heavy atom. The summed E-state index contributed by atoms with van der Waals surface area (Å²) in [5.74, 6) is 0.155. The fraction of sp³-hybridized carbons (Fsp3) is 0.444. The van der Waals surface area contributed by atoms with Crippen LogP contribution < -0.4 is 5.32 Å². The summed E-state index contributed by atoms with van der Waals surface area (Å²) in [4.78, 5) is 8.45. The molecule has 0 aromatic carbocycles. The molecule has 0 amide bonds. The van der Waals surface area contributed by atoms with Gasteiger partial charge in [-0.05, 0) is 33.8 Å². The molecule has 0 fully saturated rings. The molecule has 3 heterocycles. The van der Waals surface area contributed by atoms with Crippen LogP contribution in [-0.4, -0.2) is 29.5 Å². The number of rotatable bonds is 6. The molecule has 0 aliphatic heterocycles. The summed E-state index contributed by atoms with van der Waals surface area (Å²) in [7, 11) is 1.85. The lowest BCUT2D eigenvalue weighted by molar-refractivity contribution is 0.146. The zero-order valence-corrected chi connectivity index (χ0v) is 16.0.